The molecule has 1 amide bonds. The summed E-state index contributed by atoms with van der Waals surface area (Å²) in [6.07, 6.45) is -0.783. The maximum atomic E-state index is 13.6. The average Bonchev–Trinajstić information content (AvgIpc) is 2.92. The number of nitrogens with one attached hydrogen (secondary N) is 2. The summed E-state index contributed by atoms with van der Waals surface area (Å²) in [7, 11) is -1.14. The number of methoxy groups -OCH3 is 2. The van der Waals surface area contributed by atoms with Crippen LogP contribution in [0.4, 0.5) is 23.0 Å². The number of carbonyl (C=O) groups excluding carboxylic acids is 1. The summed E-state index contributed by atoms with van der Waals surface area (Å²) in [6, 6.07) is 18.1. The van der Waals surface area contributed by atoms with Gasteiger partial charge in [0.2, 0.25) is 5.91 Å². The molecule has 4 rings (SSSR count). The van der Waals surface area contributed by atoms with Gasteiger partial charge in [0.05, 0.1) is 42.8 Å². The predicted octanol–water partition coefficient (Wildman–Crippen LogP) is 2.86. The summed E-state index contributed by atoms with van der Waals surface area (Å²) >= 11 is 0. The Labute approximate surface area is 231 Å². The minimum absolute atomic E-state index is 0.0381. The number of nitrogens with zero attached hydrogens (tertiary/aromatic N) is 3. The predicted molar refractivity (Wildman–Crippen MR) is 153 cm³/mol. The van der Waals surface area contributed by atoms with Gasteiger partial charge in [-0.2, -0.15) is 0 Å². The fourth-order valence-corrected chi connectivity index (χ4v) is 5.02. The highest BCUT2D eigenvalue weighted by atomic mass is 32.2. The minimum atomic E-state index is -4.18. The number of hydrogen-bond acceptors (Lipinski definition) is 10. The highest BCUT2D eigenvalue weighted by Gasteiger charge is 2.21. The van der Waals surface area contributed by atoms with Crippen LogP contribution < -0.4 is 30.1 Å². The van der Waals surface area contributed by atoms with E-state index < -0.39 is 22.0 Å². The monoisotopic (exact) mass is 566 g/mol. The number of ether oxygens (including phenoxy) is 2. The number of aliphatic hydroxyl groups is 1. The Morgan fingerprint density at radius 1 is 0.975 bits per heavy atom. The number of aliphatic hydroxyl groups excluding tert-OH is 1. The van der Waals surface area contributed by atoms with E-state index in [1.165, 1.54) is 37.3 Å². The smallest absolute Gasteiger partial charge is 0.263 e. The van der Waals surface area contributed by atoms with Crippen molar-refractivity contribution in [2.75, 3.05) is 42.2 Å². The van der Waals surface area contributed by atoms with Gasteiger partial charge < -0.3 is 30.5 Å². The first-order chi connectivity index (χ1) is 19.1. The quantitative estimate of drug-likeness (QED) is 0.200. The number of benzene rings is 3. The topological polar surface area (TPSA) is 169 Å². The van der Waals surface area contributed by atoms with Crippen LogP contribution in [-0.4, -0.2) is 62.8 Å². The van der Waals surface area contributed by atoms with Gasteiger partial charge in [-0.25, -0.2) is 18.4 Å². The second-order valence-electron chi connectivity index (χ2n) is 8.93. The number of fused-ring (bicyclic) bond motifs is 1. The number of carbonyl (C=O) groups is 1. The largest absolute Gasteiger partial charge is 0.497 e. The summed E-state index contributed by atoms with van der Waals surface area (Å²) in [4.78, 5) is 22.1. The van der Waals surface area contributed by atoms with Gasteiger partial charge in [-0.05, 0) is 37.3 Å². The van der Waals surface area contributed by atoms with E-state index in [0.717, 1.165) is 0 Å². The Kier molecular flexibility index (Phi) is 8.55. The van der Waals surface area contributed by atoms with Gasteiger partial charge in [0, 0.05) is 36.1 Å². The zero-order valence-electron chi connectivity index (χ0n) is 22.2. The first-order valence-corrected chi connectivity index (χ1v) is 13.7. The maximum Gasteiger partial charge on any atom is 0.263 e. The van der Waals surface area contributed by atoms with Crippen LogP contribution in [0, 0.1) is 0 Å². The van der Waals surface area contributed by atoms with Crippen molar-refractivity contribution in [2.24, 2.45) is 5.73 Å². The molecule has 1 atom stereocenters. The molecule has 1 aromatic heterocycles. The second kappa shape index (κ2) is 12.1. The minimum Gasteiger partial charge on any atom is -0.497 e. The van der Waals surface area contributed by atoms with Crippen molar-refractivity contribution in [3.63, 3.8) is 0 Å². The van der Waals surface area contributed by atoms with E-state index >= 15 is 0 Å². The van der Waals surface area contributed by atoms with E-state index in [4.69, 9.17) is 15.2 Å². The molecule has 12 nitrogen and oxygen atoms in total. The van der Waals surface area contributed by atoms with E-state index in [9.17, 15) is 18.3 Å². The number of anilines is 4. The molecule has 0 spiro atoms. The van der Waals surface area contributed by atoms with E-state index in [-0.39, 0.29) is 29.6 Å². The Hall–Kier alpha value is -4.62. The average molecular weight is 567 g/mol. The lowest BCUT2D eigenvalue weighted by Crippen LogP contribution is -2.38. The molecule has 5 N–H and O–H groups in total. The Morgan fingerprint density at radius 3 is 2.17 bits per heavy atom. The van der Waals surface area contributed by atoms with Crippen LogP contribution in [0.2, 0.25) is 0 Å². The SMILES string of the molecule is COc1cc(Nc2nc3ccccc3nc2NS(=O)(=O)c2cccc(N(CC(N)=O)CC(C)O)c2)cc(OC)c1. The number of para-hydroxylation sites is 2. The first-order valence-electron chi connectivity index (χ1n) is 12.2. The molecule has 0 saturated heterocycles. The number of primary amides is 1. The van der Waals surface area contributed by atoms with E-state index in [1.54, 1.807) is 55.5 Å². The highest BCUT2D eigenvalue weighted by Crippen LogP contribution is 2.32. The lowest BCUT2D eigenvalue weighted by molar-refractivity contribution is -0.116. The molecule has 0 aliphatic carbocycles. The van der Waals surface area contributed by atoms with E-state index in [0.29, 0.717) is 33.9 Å². The van der Waals surface area contributed by atoms with Crippen molar-refractivity contribution in [1.82, 2.24) is 9.97 Å². The molecule has 0 aliphatic heterocycles. The number of aromatic nitrogens is 2. The molecule has 40 heavy (non-hydrogen) atoms. The third-order valence-electron chi connectivity index (χ3n) is 5.74. The summed E-state index contributed by atoms with van der Waals surface area (Å²) < 4.78 is 40.3. The molecule has 210 valence electrons. The number of rotatable bonds is 12. The van der Waals surface area contributed by atoms with Gasteiger partial charge in [0.1, 0.15) is 11.5 Å². The molecular formula is C27H30N6O6S. The fourth-order valence-electron chi connectivity index (χ4n) is 3.98. The van der Waals surface area contributed by atoms with Crippen LogP contribution >= 0.6 is 0 Å². The van der Waals surface area contributed by atoms with Crippen molar-refractivity contribution >= 4 is 50.0 Å². The molecule has 3 aromatic carbocycles. The third kappa shape index (κ3) is 6.87. The Morgan fingerprint density at radius 2 is 1.60 bits per heavy atom. The fraction of sp³-hybridized carbons (Fsp3) is 0.222. The number of amides is 1. The molecule has 0 bridgehead atoms. The van der Waals surface area contributed by atoms with Crippen molar-refractivity contribution < 1.29 is 27.8 Å². The zero-order chi connectivity index (χ0) is 28.9. The number of hydrogen-bond donors (Lipinski definition) is 4. The summed E-state index contributed by atoms with van der Waals surface area (Å²) in [5, 5.41) is 13.0. The summed E-state index contributed by atoms with van der Waals surface area (Å²) in [5.74, 6) is 0.532. The van der Waals surface area contributed by atoms with E-state index in [1.807, 2.05) is 0 Å². The van der Waals surface area contributed by atoms with Crippen molar-refractivity contribution in [3.05, 3.63) is 66.7 Å². The highest BCUT2D eigenvalue weighted by molar-refractivity contribution is 7.92. The van der Waals surface area contributed by atoms with Crippen molar-refractivity contribution in [2.45, 2.75) is 17.9 Å². The molecule has 1 heterocycles. The van der Waals surface area contributed by atoms with Crippen LogP contribution in [0.25, 0.3) is 11.0 Å². The number of nitrogens with two attached hydrogens (primary N) is 1. The Bertz CT molecular complexity index is 1610. The molecule has 0 aliphatic rings. The first kappa shape index (κ1) is 28.4. The van der Waals surface area contributed by atoms with Gasteiger partial charge >= 0.3 is 0 Å². The number of sulfonamides is 1. The van der Waals surface area contributed by atoms with Crippen LogP contribution in [0.15, 0.2) is 71.6 Å². The second-order valence-corrected chi connectivity index (χ2v) is 10.6. The molecule has 0 saturated carbocycles. The lowest BCUT2D eigenvalue weighted by Gasteiger charge is -2.25. The van der Waals surface area contributed by atoms with Gasteiger partial charge in [0.25, 0.3) is 10.0 Å². The van der Waals surface area contributed by atoms with Gasteiger partial charge in [0.15, 0.2) is 11.6 Å². The third-order valence-corrected chi connectivity index (χ3v) is 7.08. The van der Waals surface area contributed by atoms with E-state index in [2.05, 4.69) is 20.0 Å². The zero-order valence-corrected chi connectivity index (χ0v) is 23.0. The summed E-state index contributed by atoms with van der Waals surface area (Å²) in [6.45, 7) is 1.44. The summed E-state index contributed by atoms with van der Waals surface area (Å²) in [5.41, 5.74) is 7.32. The normalized spacial score (nSPS) is 12.0. The van der Waals surface area contributed by atoms with Crippen LogP contribution in [0.3, 0.4) is 0 Å². The molecule has 0 radical (unpaired) electrons. The lowest BCUT2D eigenvalue weighted by atomic mass is 10.2. The molecular weight excluding hydrogens is 536 g/mol. The van der Waals surface area contributed by atoms with Crippen LogP contribution in [0.1, 0.15) is 6.92 Å². The molecule has 0 fully saturated rings. The standard InChI is InChI=1S/C27H30N6O6S/c1-17(34)15-33(16-25(28)35)19-7-6-8-22(13-19)40(36,37)32-27-26(30-23-9-4-5-10-24(23)31-27)29-18-11-20(38-2)14-21(12-18)39-3/h4-14,17,34H,15-16H2,1-3H3,(H2,28,35)(H,29,30)(H,31,32). The van der Waals surface area contributed by atoms with Crippen LogP contribution in [-0.2, 0) is 14.8 Å². The molecule has 1 unspecified atom stereocenters. The van der Waals surface area contributed by atoms with Gasteiger partial charge in [-0.15, -0.1) is 0 Å². The molecule has 13 heteroatoms. The Balaban J connectivity index is 1.73. The van der Waals surface area contributed by atoms with Gasteiger partial charge in [-0.3, -0.25) is 9.52 Å². The van der Waals surface area contributed by atoms with Crippen molar-refractivity contribution in [3.8, 4) is 11.5 Å². The van der Waals surface area contributed by atoms with Gasteiger partial charge in [-0.1, -0.05) is 18.2 Å². The van der Waals surface area contributed by atoms with Crippen molar-refractivity contribution in [1.29, 1.82) is 0 Å². The van der Waals surface area contributed by atoms with Crippen LogP contribution in [0.5, 0.6) is 11.5 Å². The molecule has 4 aromatic rings. The maximum absolute atomic E-state index is 13.6.